The molecule has 1 aromatic carbocycles. The number of morpholine rings is 1. The number of methoxy groups -OCH3 is 1. The largest absolute Gasteiger partial charge is 0.378 e. The Morgan fingerprint density at radius 1 is 1.32 bits per heavy atom. The predicted octanol–water partition coefficient (Wildman–Crippen LogP) is 3.90. The molecule has 7 nitrogen and oxygen atoms in total. The summed E-state index contributed by atoms with van der Waals surface area (Å²) in [5, 5.41) is 6.48. The minimum Gasteiger partial charge on any atom is -0.378 e. The molecule has 0 radical (unpaired) electrons. The molecule has 1 aromatic heterocycles. The average molecular weight is 560 g/mol. The Bertz CT molecular complexity index is 808. The van der Waals surface area contributed by atoms with Gasteiger partial charge in [0.05, 0.1) is 32.0 Å². The number of halogens is 1. The molecule has 0 aliphatic carbocycles. The molecule has 9 heteroatoms. The Morgan fingerprint density at radius 2 is 2.03 bits per heavy atom. The maximum atomic E-state index is 5.44. The van der Waals surface area contributed by atoms with E-state index in [9.17, 15) is 0 Å². The molecule has 0 amide bonds. The predicted molar refractivity (Wildman–Crippen MR) is 139 cm³/mol. The summed E-state index contributed by atoms with van der Waals surface area (Å²) in [6.07, 6.45) is 0.0244. The summed E-state index contributed by atoms with van der Waals surface area (Å²) in [5.41, 5.74) is 3.47. The van der Waals surface area contributed by atoms with Crippen molar-refractivity contribution in [2.24, 2.45) is 4.99 Å². The van der Waals surface area contributed by atoms with Crippen LogP contribution in [-0.4, -0.2) is 62.8 Å². The number of aliphatic imine (C=N–C) groups is 1. The second kappa shape index (κ2) is 13.2. The minimum absolute atomic E-state index is 0. The number of rotatable bonds is 8. The van der Waals surface area contributed by atoms with Crippen molar-refractivity contribution in [2.75, 3.05) is 51.9 Å². The van der Waals surface area contributed by atoms with Crippen molar-refractivity contribution < 1.29 is 9.47 Å². The lowest BCUT2D eigenvalue weighted by Gasteiger charge is -2.28. The summed E-state index contributed by atoms with van der Waals surface area (Å²) in [7, 11) is 3.75. The van der Waals surface area contributed by atoms with Gasteiger partial charge in [0.1, 0.15) is 11.1 Å². The molecule has 1 fully saturated rings. The summed E-state index contributed by atoms with van der Waals surface area (Å²) in [5.74, 6) is 0.879. The van der Waals surface area contributed by atoms with E-state index in [0.29, 0.717) is 13.1 Å². The van der Waals surface area contributed by atoms with E-state index >= 15 is 0 Å². The van der Waals surface area contributed by atoms with Crippen LogP contribution in [0.3, 0.4) is 0 Å². The molecule has 1 aliphatic heterocycles. The van der Waals surface area contributed by atoms with Gasteiger partial charge in [-0.05, 0) is 31.5 Å². The van der Waals surface area contributed by atoms with Crippen LogP contribution >= 0.6 is 35.3 Å². The number of thiazole rings is 1. The third-order valence-corrected chi connectivity index (χ3v) is 6.15. The summed E-state index contributed by atoms with van der Waals surface area (Å²) in [6.45, 7) is 9.77. The smallest absolute Gasteiger partial charge is 0.194 e. The number of guanidine groups is 1. The molecule has 1 atom stereocenters. The summed E-state index contributed by atoms with van der Waals surface area (Å²) < 4.78 is 10.8. The van der Waals surface area contributed by atoms with Gasteiger partial charge in [-0.15, -0.1) is 35.3 Å². The minimum atomic E-state index is 0. The van der Waals surface area contributed by atoms with Crippen LogP contribution in [-0.2, 0) is 22.6 Å². The van der Waals surface area contributed by atoms with Crippen LogP contribution in [0.2, 0.25) is 0 Å². The van der Waals surface area contributed by atoms with E-state index < -0.39 is 0 Å². The first-order valence-electron chi connectivity index (χ1n) is 10.5. The number of aromatic nitrogens is 1. The van der Waals surface area contributed by atoms with Gasteiger partial charge in [0.15, 0.2) is 5.96 Å². The van der Waals surface area contributed by atoms with E-state index in [0.717, 1.165) is 49.5 Å². The van der Waals surface area contributed by atoms with E-state index in [2.05, 4.69) is 51.7 Å². The van der Waals surface area contributed by atoms with Gasteiger partial charge in [0.2, 0.25) is 0 Å². The van der Waals surface area contributed by atoms with Gasteiger partial charge in [-0.3, -0.25) is 0 Å². The normalized spacial score (nSPS) is 15.4. The van der Waals surface area contributed by atoms with Crippen LogP contribution < -0.4 is 10.2 Å². The van der Waals surface area contributed by atoms with Gasteiger partial charge >= 0.3 is 0 Å². The fourth-order valence-electron chi connectivity index (χ4n) is 3.27. The van der Waals surface area contributed by atoms with E-state index in [1.165, 1.54) is 11.3 Å². The Labute approximate surface area is 206 Å². The van der Waals surface area contributed by atoms with Gasteiger partial charge in [-0.25, -0.2) is 9.98 Å². The van der Waals surface area contributed by atoms with Crippen LogP contribution in [0.25, 0.3) is 0 Å². The van der Waals surface area contributed by atoms with Crippen molar-refractivity contribution >= 4 is 47.0 Å². The molecule has 0 bridgehead atoms. The highest BCUT2D eigenvalue weighted by Gasteiger charge is 2.13. The van der Waals surface area contributed by atoms with Gasteiger partial charge in [0, 0.05) is 44.9 Å². The van der Waals surface area contributed by atoms with Gasteiger partial charge in [-0.2, -0.15) is 0 Å². The zero-order valence-corrected chi connectivity index (χ0v) is 22.0. The second-order valence-corrected chi connectivity index (χ2v) is 8.24. The summed E-state index contributed by atoms with van der Waals surface area (Å²) in [6, 6.07) is 8.69. The first-order chi connectivity index (χ1) is 14.6. The topological polar surface area (TPSA) is 62.2 Å². The molecule has 0 saturated carbocycles. The molecule has 1 saturated heterocycles. The molecule has 1 unspecified atom stereocenters. The van der Waals surface area contributed by atoms with Gasteiger partial charge < -0.3 is 24.6 Å². The van der Waals surface area contributed by atoms with E-state index in [-0.39, 0.29) is 30.1 Å². The van der Waals surface area contributed by atoms with E-state index in [1.807, 2.05) is 14.0 Å². The second-order valence-electron chi connectivity index (χ2n) is 7.35. The van der Waals surface area contributed by atoms with Crippen LogP contribution in [0.5, 0.6) is 0 Å². The molecular weight excluding hydrogens is 525 g/mol. The molecule has 31 heavy (non-hydrogen) atoms. The van der Waals surface area contributed by atoms with Crippen LogP contribution in [0.4, 0.5) is 5.69 Å². The van der Waals surface area contributed by atoms with E-state index in [4.69, 9.17) is 19.5 Å². The molecular formula is C22H34IN5O2S. The Kier molecular flexibility index (Phi) is 11.0. The third kappa shape index (κ3) is 7.58. The van der Waals surface area contributed by atoms with Crippen molar-refractivity contribution in [1.82, 2.24) is 15.2 Å². The van der Waals surface area contributed by atoms with Gasteiger partial charge in [0.25, 0.3) is 0 Å². The standard InChI is InChI=1S/C22H33N5O2S.HI/c1-5-23-22(26(3)15-19-16-30-21(25-19)17(2)28-4)24-14-18-6-8-20(9-7-18)27-10-12-29-13-11-27;/h6-9,16-17H,5,10-15H2,1-4H3,(H,23,24);1H. The zero-order chi connectivity index (χ0) is 21.3. The number of ether oxygens (including phenoxy) is 2. The lowest BCUT2D eigenvalue weighted by atomic mass is 10.2. The SMILES string of the molecule is CCNC(=NCc1ccc(N2CCOCC2)cc1)N(C)Cc1csc(C(C)OC)n1.I. The van der Waals surface area contributed by atoms with Crippen molar-refractivity contribution in [3.63, 3.8) is 0 Å². The molecule has 1 N–H and O–H groups in total. The highest BCUT2D eigenvalue weighted by atomic mass is 127. The number of anilines is 1. The highest BCUT2D eigenvalue weighted by Crippen LogP contribution is 2.21. The molecule has 2 aromatic rings. The number of benzene rings is 1. The molecule has 2 heterocycles. The number of hydrogen-bond donors (Lipinski definition) is 1. The maximum Gasteiger partial charge on any atom is 0.194 e. The third-order valence-electron chi connectivity index (χ3n) is 5.09. The lowest BCUT2D eigenvalue weighted by molar-refractivity contribution is 0.119. The van der Waals surface area contributed by atoms with E-state index in [1.54, 1.807) is 18.4 Å². The Balaban J connectivity index is 0.00000341. The quantitative estimate of drug-likeness (QED) is 0.301. The summed E-state index contributed by atoms with van der Waals surface area (Å²) >= 11 is 1.64. The lowest BCUT2D eigenvalue weighted by Crippen LogP contribution is -2.38. The highest BCUT2D eigenvalue weighted by molar-refractivity contribution is 14.0. The number of hydrogen-bond acceptors (Lipinski definition) is 6. The Morgan fingerprint density at radius 3 is 2.68 bits per heavy atom. The maximum absolute atomic E-state index is 5.44. The first-order valence-corrected chi connectivity index (χ1v) is 11.4. The van der Waals surface area contributed by atoms with Crippen LogP contribution in [0.15, 0.2) is 34.6 Å². The van der Waals surface area contributed by atoms with Crippen molar-refractivity contribution in [3.05, 3.63) is 45.9 Å². The zero-order valence-electron chi connectivity index (χ0n) is 18.8. The fraction of sp³-hybridized carbons (Fsp3) is 0.545. The molecule has 1 aliphatic rings. The fourth-order valence-corrected chi connectivity index (χ4v) is 4.11. The van der Waals surface area contributed by atoms with Crippen molar-refractivity contribution in [3.8, 4) is 0 Å². The van der Waals surface area contributed by atoms with Crippen LogP contribution in [0.1, 0.15) is 36.2 Å². The molecule has 0 spiro atoms. The Hall–Kier alpha value is -1.43. The number of nitrogens with zero attached hydrogens (tertiary/aromatic N) is 4. The van der Waals surface area contributed by atoms with Gasteiger partial charge in [-0.1, -0.05) is 12.1 Å². The van der Waals surface area contributed by atoms with Crippen molar-refractivity contribution in [1.29, 1.82) is 0 Å². The van der Waals surface area contributed by atoms with Crippen LogP contribution in [0, 0.1) is 0 Å². The molecule has 172 valence electrons. The molecule has 3 rings (SSSR count). The monoisotopic (exact) mass is 559 g/mol. The summed E-state index contributed by atoms with van der Waals surface area (Å²) in [4.78, 5) is 14.0. The number of nitrogens with one attached hydrogen (secondary N) is 1. The van der Waals surface area contributed by atoms with Crippen molar-refractivity contribution in [2.45, 2.75) is 33.0 Å². The average Bonchev–Trinajstić information content (AvgIpc) is 3.25. The first kappa shape index (κ1) is 25.8.